The molecule has 35 heavy (non-hydrogen) atoms. The molecular formula is C27H37N3O5. The lowest BCUT2D eigenvalue weighted by Gasteiger charge is -2.38. The molecular weight excluding hydrogens is 446 g/mol. The summed E-state index contributed by atoms with van der Waals surface area (Å²) >= 11 is 0. The van der Waals surface area contributed by atoms with Gasteiger partial charge in [-0.2, -0.15) is 0 Å². The van der Waals surface area contributed by atoms with Gasteiger partial charge in [-0.15, -0.1) is 0 Å². The summed E-state index contributed by atoms with van der Waals surface area (Å²) in [6.45, 7) is 6.57. The number of carbonyl (C=O) groups is 3. The van der Waals surface area contributed by atoms with Crippen molar-refractivity contribution in [3.8, 4) is 0 Å². The van der Waals surface area contributed by atoms with E-state index in [1.807, 2.05) is 45.0 Å². The summed E-state index contributed by atoms with van der Waals surface area (Å²) in [7, 11) is 3.14. The van der Waals surface area contributed by atoms with Crippen molar-refractivity contribution in [2.45, 2.75) is 71.1 Å². The zero-order valence-corrected chi connectivity index (χ0v) is 21.4. The van der Waals surface area contributed by atoms with Crippen molar-refractivity contribution in [2.75, 3.05) is 20.7 Å². The predicted octanol–water partition coefficient (Wildman–Crippen LogP) is 4.27. The molecule has 190 valence electrons. The van der Waals surface area contributed by atoms with E-state index in [-0.39, 0.29) is 23.9 Å². The van der Waals surface area contributed by atoms with Crippen LogP contribution in [0, 0.1) is 11.8 Å². The first-order valence-corrected chi connectivity index (χ1v) is 12.5. The van der Waals surface area contributed by atoms with Gasteiger partial charge in [0.2, 0.25) is 5.91 Å². The van der Waals surface area contributed by atoms with Crippen LogP contribution in [0.5, 0.6) is 0 Å². The van der Waals surface area contributed by atoms with Gasteiger partial charge in [0.1, 0.15) is 11.6 Å². The number of fused-ring (bicyclic) bond motifs is 3. The van der Waals surface area contributed by atoms with Crippen LogP contribution >= 0.6 is 0 Å². The Balaban J connectivity index is 1.41. The number of methoxy groups -OCH3 is 1. The number of esters is 1. The molecule has 1 aromatic heterocycles. The molecule has 1 atom stereocenters. The molecule has 1 fully saturated rings. The highest BCUT2D eigenvalue weighted by atomic mass is 16.6. The van der Waals surface area contributed by atoms with Crippen LogP contribution < -0.4 is 0 Å². The van der Waals surface area contributed by atoms with Crippen molar-refractivity contribution in [1.82, 2.24) is 14.8 Å². The first-order valence-electron chi connectivity index (χ1n) is 12.5. The lowest BCUT2D eigenvalue weighted by atomic mass is 9.80. The van der Waals surface area contributed by atoms with E-state index in [1.165, 1.54) is 7.11 Å². The molecule has 2 aliphatic rings. The summed E-state index contributed by atoms with van der Waals surface area (Å²) in [6, 6.07) is 7.41. The van der Waals surface area contributed by atoms with Crippen molar-refractivity contribution in [3.05, 3.63) is 35.5 Å². The molecule has 0 bridgehead atoms. The molecule has 2 amide bonds. The van der Waals surface area contributed by atoms with Gasteiger partial charge in [0, 0.05) is 42.5 Å². The highest BCUT2D eigenvalue weighted by Gasteiger charge is 2.40. The monoisotopic (exact) mass is 483 g/mol. The number of H-pyrrole nitrogens is 1. The standard InChI is InChI=1S/C27H37N3O5/c1-27(2,3)35-26(33)29(4)15-17-10-12-18(13-11-17)24(31)30-16-22-20(14-23(30)25(32)34-5)19-8-6-7-9-21(19)28-22/h6-9,17-18,23,28H,10-16H2,1-5H3/t17?,18?,23-/m0/s1. The number of rotatable bonds is 4. The molecule has 2 aromatic rings. The second kappa shape index (κ2) is 9.91. The summed E-state index contributed by atoms with van der Waals surface area (Å²) in [5, 5.41) is 1.10. The van der Waals surface area contributed by atoms with Gasteiger partial charge in [-0.25, -0.2) is 9.59 Å². The van der Waals surface area contributed by atoms with Gasteiger partial charge in [0.25, 0.3) is 0 Å². The summed E-state index contributed by atoms with van der Waals surface area (Å²) in [4.78, 5) is 45.4. The van der Waals surface area contributed by atoms with Gasteiger partial charge in [-0.3, -0.25) is 4.79 Å². The van der Waals surface area contributed by atoms with E-state index in [0.717, 1.165) is 47.8 Å². The molecule has 0 radical (unpaired) electrons. The normalized spacial score (nSPS) is 22.4. The minimum Gasteiger partial charge on any atom is -0.467 e. The number of nitrogens with zero attached hydrogens (tertiary/aromatic N) is 2. The Morgan fingerprint density at radius 1 is 1.11 bits per heavy atom. The fourth-order valence-corrected chi connectivity index (χ4v) is 5.41. The number of ether oxygens (including phenoxy) is 2. The number of nitrogens with one attached hydrogen (secondary N) is 1. The molecule has 0 unspecified atom stereocenters. The van der Waals surface area contributed by atoms with E-state index in [2.05, 4.69) is 4.98 Å². The summed E-state index contributed by atoms with van der Waals surface area (Å²) in [5.74, 6) is -0.156. The Bertz CT molecular complexity index is 1090. The quantitative estimate of drug-likeness (QED) is 0.656. The van der Waals surface area contributed by atoms with Gasteiger partial charge in [-0.05, 0) is 64.0 Å². The number of aromatic amines is 1. The topological polar surface area (TPSA) is 91.9 Å². The number of carbonyl (C=O) groups excluding carboxylic acids is 3. The minimum atomic E-state index is -0.616. The average Bonchev–Trinajstić information content (AvgIpc) is 3.19. The Labute approximate surface area is 206 Å². The fraction of sp³-hybridized carbons (Fsp3) is 0.593. The van der Waals surface area contributed by atoms with Crippen molar-refractivity contribution >= 4 is 28.9 Å². The van der Waals surface area contributed by atoms with Crippen LogP contribution in [-0.2, 0) is 32.0 Å². The molecule has 0 spiro atoms. The summed E-state index contributed by atoms with van der Waals surface area (Å²) in [5.41, 5.74) is 2.58. The van der Waals surface area contributed by atoms with Crippen molar-refractivity contribution in [3.63, 3.8) is 0 Å². The third kappa shape index (κ3) is 5.46. The maximum atomic E-state index is 13.6. The lowest BCUT2D eigenvalue weighted by Crippen LogP contribution is -2.51. The van der Waals surface area contributed by atoms with Crippen LogP contribution in [-0.4, -0.2) is 65.1 Å². The fourth-order valence-electron chi connectivity index (χ4n) is 5.41. The summed E-state index contributed by atoms with van der Waals surface area (Å²) in [6.07, 6.45) is 3.34. The SMILES string of the molecule is COC(=O)[C@@H]1Cc2c([nH]c3ccccc23)CN1C(=O)C1CCC(CN(C)C(=O)OC(C)(C)C)CC1. The maximum absolute atomic E-state index is 13.6. The number of hydrogen-bond acceptors (Lipinski definition) is 5. The van der Waals surface area contributed by atoms with Crippen molar-refractivity contribution < 1.29 is 23.9 Å². The van der Waals surface area contributed by atoms with E-state index in [0.29, 0.717) is 25.4 Å². The second-order valence-electron chi connectivity index (χ2n) is 10.9. The Kier molecular flexibility index (Phi) is 7.10. The first kappa shape index (κ1) is 25.1. The van der Waals surface area contributed by atoms with Gasteiger partial charge >= 0.3 is 12.1 Å². The molecule has 1 N–H and O–H groups in total. The van der Waals surface area contributed by atoms with E-state index in [1.54, 1.807) is 16.8 Å². The molecule has 1 aliphatic carbocycles. The summed E-state index contributed by atoms with van der Waals surface area (Å²) < 4.78 is 10.5. The number of amides is 2. The van der Waals surface area contributed by atoms with E-state index in [4.69, 9.17) is 9.47 Å². The molecule has 8 heteroatoms. The van der Waals surface area contributed by atoms with Gasteiger partial charge in [0.05, 0.1) is 13.7 Å². The van der Waals surface area contributed by atoms with Crippen LogP contribution in [0.25, 0.3) is 10.9 Å². The highest BCUT2D eigenvalue weighted by molar-refractivity contribution is 5.90. The van der Waals surface area contributed by atoms with Crippen molar-refractivity contribution in [1.29, 1.82) is 0 Å². The van der Waals surface area contributed by atoms with Crippen LogP contribution in [0.3, 0.4) is 0 Å². The molecule has 1 aromatic carbocycles. The minimum absolute atomic E-state index is 0.0173. The predicted molar refractivity (Wildman–Crippen MR) is 133 cm³/mol. The second-order valence-corrected chi connectivity index (χ2v) is 10.9. The first-order chi connectivity index (χ1) is 16.6. The van der Waals surface area contributed by atoms with Crippen LogP contribution in [0.1, 0.15) is 57.7 Å². The molecule has 2 heterocycles. The third-order valence-corrected chi connectivity index (χ3v) is 7.19. The number of hydrogen-bond donors (Lipinski definition) is 1. The molecule has 8 nitrogen and oxygen atoms in total. The molecule has 4 rings (SSSR count). The number of para-hydroxylation sites is 1. The van der Waals surface area contributed by atoms with Gasteiger partial charge < -0.3 is 24.3 Å². The Hall–Kier alpha value is -3.03. The van der Waals surface area contributed by atoms with E-state index < -0.39 is 11.6 Å². The van der Waals surface area contributed by atoms with Crippen LogP contribution in [0.2, 0.25) is 0 Å². The van der Waals surface area contributed by atoms with E-state index >= 15 is 0 Å². The lowest BCUT2D eigenvalue weighted by molar-refractivity contribution is -0.156. The third-order valence-electron chi connectivity index (χ3n) is 7.19. The van der Waals surface area contributed by atoms with Crippen LogP contribution in [0.4, 0.5) is 4.79 Å². The maximum Gasteiger partial charge on any atom is 0.410 e. The van der Waals surface area contributed by atoms with Crippen LogP contribution in [0.15, 0.2) is 24.3 Å². The molecule has 1 aliphatic heterocycles. The van der Waals surface area contributed by atoms with Gasteiger partial charge in [-0.1, -0.05) is 18.2 Å². The average molecular weight is 484 g/mol. The largest absolute Gasteiger partial charge is 0.467 e. The molecule has 0 saturated heterocycles. The Morgan fingerprint density at radius 3 is 2.46 bits per heavy atom. The van der Waals surface area contributed by atoms with Gasteiger partial charge in [0.15, 0.2) is 0 Å². The highest BCUT2D eigenvalue weighted by Crippen LogP contribution is 2.35. The zero-order chi connectivity index (χ0) is 25.3. The number of benzene rings is 1. The number of aromatic nitrogens is 1. The smallest absolute Gasteiger partial charge is 0.410 e. The zero-order valence-electron chi connectivity index (χ0n) is 21.4. The van der Waals surface area contributed by atoms with Crippen molar-refractivity contribution in [2.24, 2.45) is 11.8 Å². The van der Waals surface area contributed by atoms with E-state index in [9.17, 15) is 14.4 Å². The molecule has 1 saturated carbocycles. The Morgan fingerprint density at radius 2 is 1.80 bits per heavy atom.